The average molecular weight is 216 g/mol. The Labute approximate surface area is 86.0 Å². The summed E-state index contributed by atoms with van der Waals surface area (Å²) in [6.07, 6.45) is 1.91. The van der Waals surface area contributed by atoms with Crippen LogP contribution in [0.1, 0.15) is 12.6 Å². The van der Waals surface area contributed by atoms with Gasteiger partial charge >= 0.3 is 0 Å². The zero-order chi connectivity index (χ0) is 9.84. The third-order valence-corrected chi connectivity index (χ3v) is 3.37. The molecule has 13 heavy (non-hydrogen) atoms. The summed E-state index contributed by atoms with van der Waals surface area (Å²) >= 11 is 2.98. The van der Waals surface area contributed by atoms with Crippen LogP contribution in [0.15, 0.2) is 5.38 Å². The first kappa shape index (κ1) is 10.5. The van der Waals surface area contributed by atoms with E-state index in [0.717, 1.165) is 5.69 Å². The van der Waals surface area contributed by atoms with E-state index in [4.69, 9.17) is 0 Å². The smallest absolute Gasteiger partial charge is 0.238 e. The second-order valence-corrected chi connectivity index (χ2v) is 4.70. The summed E-state index contributed by atoms with van der Waals surface area (Å²) in [5.74, 6) is 0.0156. The summed E-state index contributed by atoms with van der Waals surface area (Å²) in [5.41, 5.74) is 0.942. The number of rotatable bonds is 3. The van der Waals surface area contributed by atoms with E-state index < -0.39 is 0 Å². The van der Waals surface area contributed by atoms with Gasteiger partial charge in [0.2, 0.25) is 5.91 Å². The highest BCUT2D eigenvalue weighted by Gasteiger charge is 2.12. The Kier molecular flexibility index (Phi) is 3.74. The number of hydrogen-bond donors (Lipinski definition) is 1. The molecule has 0 aliphatic carbocycles. The number of thioether (sulfide) groups is 1. The first-order chi connectivity index (χ1) is 6.13. The maximum atomic E-state index is 11.4. The van der Waals surface area contributed by atoms with Crippen LogP contribution in [0.4, 0.5) is 5.13 Å². The van der Waals surface area contributed by atoms with Crippen LogP contribution < -0.4 is 5.32 Å². The van der Waals surface area contributed by atoms with Crippen molar-refractivity contribution in [3.63, 3.8) is 0 Å². The number of nitrogens with zero attached hydrogens (tertiary/aromatic N) is 1. The summed E-state index contributed by atoms with van der Waals surface area (Å²) < 4.78 is 0. The molecular weight excluding hydrogens is 204 g/mol. The van der Waals surface area contributed by atoms with E-state index in [1.807, 2.05) is 25.5 Å². The van der Waals surface area contributed by atoms with Crippen molar-refractivity contribution in [2.24, 2.45) is 0 Å². The summed E-state index contributed by atoms with van der Waals surface area (Å²) in [6.45, 7) is 3.78. The van der Waals surface area contributed by atoms with Gasteiger partial charge in [0.1, 0.15) is 0 Å². The topological polar surface area (TPSA) is 42.0 Å². The van der Waals surface area contributed by atoms with Crippen LogP contribution in [-0.4, -0.2) is 22.4 Å². The normalized spacial score (nSPS) is 12.5. The lowest BCUT2D eigenvalue weighted by atomic mass is 10.4. The monoisotopic (exact) mass is 216 g/mol. The minimum absolute atomic E-state index is 0.0156. The third-order valence-electron chi connectivity index (χ3n) is 1.57. The number of nitrogens with one attached hydrogen (secondary N) is 1. The lowest BCUT2D eigenvalue weighted by Gasteiger charge is -2.06. The molecule has 1 heterocycles. The van der Waals surface area contributed by atoms with E-state index in [1.54, 1.807) is 0 Å². The highest BCUT2D eigenvalue weighted by molar-refractivity contribution is 7.99. The van der Waals surface area contributed by atoms with Crippen molar-refractivity contribution >= 4 is 34.1 Å². The van der Waals surface area contributed by atoms with Gasteiger partial charge in [0, 0.05) is 5.38 Å². The first-order valence-electron chi connectivity index (χ1n) is 3.89. The first-order valence-corrected chi connectivity index (χ1v) is 6.06. The van der Waals surface area contributed by atoms with Crippen LogP contribution in [0.3, 0.4) is 0 Å². The molecule has 3 nitrogen and oxygen atoms in total. The molecule has 0 fully saturated rings. The van der Waals surface area contributed by atoms with Crippen LogP contribution >= 0.6 is 23.1 Å². The predicted molar refractivity (Wildman–Crippen MR) is 58.5 cm³/mol. The van der Waals surface area contributed by atoms with Crippen LogP contribution in [0.5, 0.6) is 0 Å². The standard InChI is InChI=1S/C8H12N2OS2/c1-5-4-13-8(9-5)10-7(11)6(2)12-3/h4,6H,1-3H3,(H,9,10,11). The van der Waals surface area contributed by atoms with Crippen molar-refractivity contribution in [2.45, 2.75) is 19.1 Å². The molecule has 0 radical (unpaired) electrons. The van der Waals surface area contributed by atoms with E-state index in [0.29, 0.717) is 5.13 Å². The Morgan fingerprint density at radius 1 is 1.77 bits per heavy atom. The molecule has 1 atom stereocenters. The lowest BCUT2D eigenvalue weighted by molar-refractivity contribution is -0.115. The second kappa shape index (κ2) is 4.62. The fourth-order valence-electron chi connectivity index (χ4n) is 0.725. The number of carbonyl (C=O) groups is 1. The molecule has 0 aromatic carbocycles. The van der Waals surface area contributed by atoms with Crippen LogP contribution in [0.2, 0.25) is 0 Å². The van der Waals surface area contributed by atoms with Gasteiger partial charge in [-0.2, -0.15) is 11.8 Å². The van der Waals surface area contributed by atoms with Crippen molar-refractivity contribution in [3.8, 4) is 0 Å². The number of thiazole rings is 1. The molecule has 1 aromatic heterocycles. The lowest BCUT2D eigenvalue weighted by Crippen LogP contribution is -2.21. The highest BCUT2D eigenvalue weighted by Crippen LogP contribution is 2.16. The molecule has 0 saturated carbocycles. The van der Waals surface area contributed by atoms with Gasteiger partial charge in [0.15, 0.2) is 5.13 Å². The van der Waals surface area contributed by atoms with Crippen molar-refractivity contribution in [3.05, 3.63) is 11.1 Å². The molecule has 1 aromatic rings. The number of aromatic nitrogens is 1. The van der Waals surface area contributed by atoms with E-state index in [9.17, 15) is 4.79 Å². The summed E-state index contributed by atoms with van der Waals surface area (Å²) in [7, 11) is 0. The Hall–Kier alpha value is -0.550. The molecular formula is C8H12N2OS2. The molecule has 0 saturated heterocycles. The zero-order valence-electron chi connectivity index (χ0n) is 7.83. The van der Waals surface area contributed by atoms with E-state index in [2.05, 4.69) is 10.3 Å². The van der Waals surface area contributed by atoms with E-state index >= 15 is 0 Å². The molecule has 1 unspecified atom stereocenters. The Morgan fingerprint density at radius 3 is 2.92 bits per heavy atom. The van der Waals surface area contributed by atoms with Gasteiger partial charge in [-0.3, -0.25) is 4.79 Å². The van der Waals surface area contributed by atoms with Crippen molar-refractivity contribution in [1.82, 2.24) is 4.98 Å². The molecule has 0 aliphatic heterocycles. The quantitative estimate of drug-likeness (QED) is 0.841. The molecule has 72 valence electrons. The van der Waals surface area contributed by atoms with Crippen molar-refractivity contribution in [1.29, 1.82) is 0 Å². The SMILES string of the molecule is CSC(C)C(=O)Nc1nc(C)cs1. The number of hydrogen-bond acceptors (Lipinski definition) is 4. The van der Waals surface area contributed by atoms with Gasteiger partial charge < -0.3 is 5.32 Å². The largest absolute Gasteiger partial charge is 0.301 e. The third kappa shape index (κ3) is 3.00. The van der Waals surface area contributed by atoms with Crippen LogP contribution in [-0.2, 0) is 4.79 Å². The van der Waals surface area contributed by atoms with Gasteiger partial charge in [-0.25, -0.2) is 4.98 Å². The van der Waals surface area contributed by atoms with E-state index in [-0.39, 0.29) is 11.2 Å². The maximum Gasteiger partial charge on any atom is 0.238 e. The number of anilines is 1. The number of aryl methyl sites for hydroxylation is 1. The van der Waals surface area contributed by atoms with Crippen LogP contribution in [0.25, 0.3) is 0 Å². The van der Waals surface area contributed by atoms with Gasteiger partial charge in [0.05, 0.1) is 10.9 Å². The van der Waals surface area contributed by atoms with Crippen molar-refractivity contribution in [2.75, 3.05) is 11.6 Å². The molecule has 1 amide bonds. The zero-order valence-corrected chi connectivity index (χ0v) is 9.46. The maximum absolute atomic E-state index is 11.4. The number of carbonyl (C=O) groups excluding carboxylic acids is 1. The Balaban J connectivity index is 2.54. The predicted octanol–water partition coefficient (Wildman–Crippen LogP) is 2.14. The molecule has 0 spiro atoms. The van der Waals surface area contributed by atoms with Crippen molar-refractivity contribution < 1.29 is 4.79 Å². The summed E-state index contributed by atoms with van der Waals surface area (Å²) in [4.78, 5) is 15.5. The van der Waals surface area contributed by atoms with Gasteiger partial charge in [-0.05, 0) is 20.1 Å². The summed E-state index contributed by atoms with van der Waals surface area (Å²) in [6, 6.07) is 0. The molecule has 0 bridgehead atoms. The fourth-order valence-corrected chi connectivity index (χ4v) is 1.69. The van der Waals surface area contributed by atoms with Gasteiger partial charge in [0.25, 0.3) is 0 Å². The van der Waals surface area contributed by atoms with Gasteiger partial charge in [-0.15, -0.1) is 11.3 Å². The Morgan fingerprint density at radius 2 is 2.46 bits per heavy atom. The fraction of sp³-hybridized carbons (Fsp3) is 0.500. The average Bonchev–Trinajstić information content (AvgIpc) is 2.49. The molecule has 5 heteroatoms. The highest BCUT2D eigenvalue weighted by atomic mass is 32.2. The number of amides is 1. The Bertz CT molecular complexity index is 298. The molecule has 1 N–H and O–H groups in total. The van der Waals surface area contributed by atoms with Crippen LogP contribution in [0, 0.1) is 6.92 Å². The van der Waals surface area contributed by atoms with Gasteiger partial charge in [-0.1, -0.05) is 0 Å². The second-order valence-electron chi connectivity index (χ2n) is 2.66. The molecule has 0 aliphatic rings. The minimum Gasteiger partial charge on any atom is -0.301 e. The molecule has 1 rings (SSSR count). The van der Waals surface area contributed by atoms with E-state index in [1.165, 1.54) is 23.1 Å². The summed E-state index contributed by atoms with van der Waals surface area (Å²) in [5, 5.41) is 5.34. The minimum atomic E-state index is -0.0239.